The van der Waals surface area contributed by atoms with Gasteiger partial charge in [0, 0.05) is 22.8 Å². The molecule has 1 aromatic heterocycles. The highest BCUT2D eigenvalue weighted by molar-refractivity contribution is 7.12. The van der Waals surface area contributed by atoms with E-state index in [1.54, 1.807) is 11.3 Å². The second kappa shape index (κ2) is 3.71. The lowest BCUT2D eigenvalue weighted by atomic mass is 10.1. The van der Waals surface area contributed by atoms with Crippen molar-refractivity contribution < 1.29 is 4.79 Å². The first-order chi connectivity index (χ1) is 6.66. The molecule has 4 heteroatoms. The fourth-order valence-corrected chi connectivity index (χ4v) is 2.43. The summed E-state index contributed by atoms with van der Waals surface area (Å²) in [4.78, 5) is 14.0. The molecule has 14 heavy (non-hydrogen) atoms. The zero-order valence-corrected chi connectivity index (χ0v) is 9.20. The molecule has 1 aliphatic rings. The van der Waals surface area contributed by atoms with E-state index in [-0.39, 0.29) is 5.91 Å². The lowest BCUT2D eigenvalue weighted by molar-refractivity contribution is 0.0924. The van der Waals surface area contributed by atoms with Gasteiger partial charge in [-0.1, -0.05) is 0 Å². The third kappa shape index (κ3) is 1.81. The summed E-state index contributed by atoms with van der Waals surface area (Å²) in [7, 11) is 0. The van der Waals surface area contributed by atoms with Crippen molar-refractivity contribution in [1.82, 2.24) is 10.6 Å². The third-order valence-corrected chi connectivity index (χ3v) is 3.37. The second-order valence-corrected chi connectivity index (χ2v) is 5.12. The van der Waals surface area contributed by atoms with Crippen molar-refractivity contribution >= 4 is 17.2 Å². The molecule has 0 spiro atoms. The van der Waals surface area contributed by atoms with E-state index in [1.165, 1.54) is 4.88 Å². The van der Waals surface area contributed by atoms with Gasteiger partial charge in [0.15, 0.2) is 0 Å². The van der Waals surface area contributed by atoms with Crippen LogP contribution in [0.1, 0.15) is 20.1 Å². The molecule has 0 unspecified atom stereocenters. The average Bonchev–Trinajstić information content (AvgIpc) is 2.37. The first kappa shape index (κ1) is 9.68. The van der Waals surface area contributed by atoms with Gasteiger partial charge in [0.2, 0.25) is 0 Å². The van der Waals surface area contributed by atoms with Gasteiger partial charge < -0.3 is 10.6 Å². The van der Waals surface area contributed by atoms with Gasteiger partial charge in [-0.2, -0.15) is 0 Å². The minimum atomic E-state index is 0.0679. The highest BCUT2D eigenvalue weighted by Gasteiger charge is 2.20. The summed E-state index contributed by atoms with van der Waals surface area (Å²) in [6.45, 7) is 5.81. The Balaban J connectivity index is 2.06. The predicted molar refractivity (Wildman–Crippen MR) is 57.9 cm³/mol. The van der Waals surface area contributed by atoms with Gasteiger partial charge in [0.05, 0.1) is 11.6 Å². The number of hydrogen-bond acceptors (Lipinski definition) is 3. The van der Waals surface area contributed by atoms with Gasteiger partial charge in [0.25, 0.3) is 5.91 Å². The molecule has 0 aromatic carbocycles. The molecular formula is C10H14N2OS. The maximum atomic E-state index is 11.7. The van der Waals surface area contributed by atoms with E-state index in [2.05, 4.69) is 10.6 Å². The lowest BCUT2D eigenvalue weighted by Crippen LogP contribution is -2.56. The molecule has 2 N–H and O–H groups in total. The number of rotatable bonds is 2. The average molecular weight is 210 g/mol. The Kier molecular flexibility index (Phi) is 2.56. The molecule has 1 saturated heterocycles. The number of hydrogen-bond donors (Lipinski definition) is 2. The zero-order valence-electron chi connectivity index (χ0n) is 8.39. The molecule has 76 valence electrons. The molecule has 0 saturated carbocycles. The van der Waals surface area contributed by atoms with E-state index in [0.29, 0.717) is 6.04 Å². The fraction of sp³-hybridized carbons (Fsp3) is 0.500. The van der Waals surface area contributed by atoms with E-state index >= 15 is 0 Å². The van der Waals surface area contributed by atoms with Gasteiger partial charge in [-0.05, 0) is 19.9 Å². The summed E-state index contributed by atoms with van der Waals surface area (Å²) in [5.41, 5.74) is 0.833. The van der Waals surface area contributed by atoms with E-state index in [9.17, 15) is 4.79 Å². The van der Waals surface area contributed by atoms with Crippen LogP contribution in [0.25, 0.3) is 0 Å². The molecule has 2 heterocycles. The van der Waals surface area contributed by atoms with Crippen LogP contribution in [0.5, 0.6) is 0 Å². The van der Waals surface area contributed by atoms with Crippen molar-refractivity contribution in [3.63, 3.8) is 0 Å². The Hall–Kier alpha value is -0.870. The summed E-state index contributed by atoms with van der Waals surface area (Å²) in [5.74, 6) is 0.0679. The molecule has 1 aliphatic heterocycles. The molecule has 2 rings (SSSR count). The highest BCUT2D eigenvalue weighted by atomic mass is 32.1. The quantitative estimate of drug-likeness (QED) is 0.766. The topological polar surface area (TPSA) is 41.1 Å². The van der Waals surface area contributed by atoms with Gasteiger partial charge in [-0.25, -0.2) is 0 Å². The number of thiophene rings is 1. The monoisotopic (exact) mass is 210 g/mol. The van der Waals surface area contributed by atoms with Crippen LogP contribution in [-0.2, 0) is 0 Å². The first-order valence-corrected chi connectivity index (χ1v) is 5.57. The maximum Gasteiger partial charge on any atom is 0.252 e. The SMILES string of the molecule is Cc1cc(C(=O)NC2CNC2)c(C)s1. The van der Waals surface area contributed by atoms with Crippen LogP contribution in [0, 0.1) is 13.8 Å². The molecule has 1 aromatic rings. The third-order valence-electron chi connectivity index (χ3n) is 2.40. The Labute approximate surface area is 87.5 Å². The van der Waals surface area contributed by atoms with Gasteiger partial charge in [0.1, 0.15) is 0 Å². The number of carbonyl (C=O) groups excluding carboxylic acids is 1. The van der Waals surface area contributed by atoms with Crippen molar-refractivity contribution in [2.24, 2.45) is 0 Å². The van der Waals surface area contributed by atoms with Crippen molar-refractivity contribution in [2.45, 2.75) is 19.9 Å². The standard InChI is InChI=1S/C10H14N2OS/c1-6-3-9(7(2)14-6)10(13)12-8-4-11-5-8/h3,8,11H,4-5H2,1-2H3,(H,12,13). The van der Waals surface area contributed by atoms with Crippen LogP contribution in [0.15, 0.2) is 6.07 Å². The van der Waals surface area contributed by atoms with Crippen LogP contribution in [0.3, 0.4) is 0 Å². The predicted octanol–water partition coefficient (Wildman–Crippen LogP) is 1.07. The fourth-order valence-electron chi connectivity index (χ4n) is 1.51. The normalized spacial score (nSPS) is 16.4. The molecule has 1 fully saturated rings. The van der Waals surface area contributed by atoms with Crippen LogP contribution in [0.4, 0.5) is 0 Å². The smallest absolute Gasteiger partial charge is 0.252 e. The summed E-state index contributed by atoms with van der Waals surface area (Å²) in [6, 6.07) is 2.28. The first-order valence-electron chi connectivity index (χ1n) is 4.75. The van der Waals surface area contributed by atoms with Crippen molar-refractivity contribution in [2.75, 3.05) is 13.1 Å². The van der Waals surface area contributed by atoms with Gasteiger partial charge in [-0.15, -0.1) is 11.3 Å². The Morgan fingerprint density at radius 1 is 1.57 bits per heavy atom. The number of nitrogens with one attached hydrogen (secondary N) is 2. The van der Waals surface area contributed by atoms with Gasteiger partial charge >= 0.3 is 0 Å². The Bertz CT molecular complexity index is 355. The summed E-state index contributed by atoms with van der Waals surface area (Å²) < 4.78 is 0. The molecule has 3 nitrogen and oxygen atoms in total. The maximum absolute atomic E-state index is 11.7. The van der Waals surface area contributed by atoms with E-state index in [0.717, 1.165) is 23.5 Å². The molecule has 0 aliphatic carbocycles. The van der Waals surface area contributed by atoms with E-state index < -0.39 is 0 Å². The van der Waals surface area contributed by atoms with Crippen LogP contribution in [0.2, 0.25) is 0 Å². The van der Waals surface area contributed by atoms with Crippen LogP contribution < -0.4 is 10.6 Å². The van der Waals surface area contributed by atoms with E-state index in [4.69, 9.17) is 0 Å². The molecule has 0 bridgehead atoms. The number of amides is 1. The van der Waals surface area contributed by atoms with Gasteiger partial charge in [-0.3, -0.25) is 4.79 Å². The largest absolute Gasteiger partial charge is 0.347 e. The summed E-state index contributed by atoms with van der Waals surface area (Å²) in [6.07, 6.45) is 0. The number of carbonyl (C=O) groups is 1. The second-order valence-electron chi connectivity index (χ2n) is 3.66. The Morgan fingerprint density at radius 2 is 2.29 bits per heavy atom. The van der Waals surface area contributed by atoms with Crippen molar-refractivity contribution in [3.8, 4) is 0 Å². The summed E-state index contributed by atoms with van der Waals surface area (Å²) >= 11 is 1.67. The Morgan fingerprint density at radius 3 is 2.71 bits per heavy atom. The highest BCUT2D eigenvalue weighted by Crippen LogP contribution is 2.20. The van der Waals surface area contributed by atoms with Crippen molar-refractivity contribution in [3.05, 3.63) is 21.4 Å². The number of aryl methyl sites for hydroxylation is 2. The molecule has 1 amide bonds. The minimum absolute atomic E-state index is 0.0679. The van der Waals surface area contributed by atoms with E-state index in [1.807, 2.05) is 19.9 Å². The summed E-state index contributed by atoms with van der Waals surface area (Å²) in [5, 5.41) is 6.12. The minimum Gasteiger partial charge on any atom is -0.347 e. The van der Waals surface area contributed by atoms with Crippen molar-refractivity contribution in [1.29, 1.82) is 0 Å². The van der Waals surface area contributed by atoms with Crippen LogP contribution >= 0.6 is 11.3 Å². The lowest BCUT2D eigenvalue weighted by Gasteiger charge is -2.27. The van der Waals surface area contributed by atoms with Crippen LogP contribution in [-0.4, -0.2) is 25.0 Å². The molecule has 0 atom stereocenters. The molecule has 0 radical (unpaired) electrons. The molecular weight excluding hydrogens is 196 g/mol. The zero-order chi connectivity index (χ0) is 10.1.